The highest BCUT2D eigenvalue weighted by Gasteiger charge is 2.25. The first-order valence-corrected chi connectivity index (χ1v) is 10.2. The molecule has 1 aromatic carbocycles. The molecule has 0 aliphatic carbocycles. The Hall–Kier alpha value is -2.37. The summed E-state index contributed by atoms with van der Waals surface area (Å²) in [5, 5.41) is 0. The van der Waals surface area contributed by atoms with Crippen LogP contribution in [0.1, 0.15) is 60.6 Å². The van der Waals surface area contributed by atoms with Gasteiger partial charge < -0.3 is 9.64 Å². The summed E-state index contributed by atoms with van der Waals surface area (Å²) in [5.74, 6) is 0.567. The predicted octanol–water partition coefficient (Wildman–Crippen LogP) is 3.99. The number of hydrogen-bond donors (Lipinski definition) is 0. The van der Waals surface area contributed by atoms with Crippen LogP contribution in [0.3, 0.4) is 0 Å². The normalized spacial score (nSPS) is 12.3. The van der Waals surface area contributed by atoms with Crippen molar-refractivity contribution in [3.8, 4) is 5.75 Å². The maximum Gasteiger partial charge on any atom is 0.273 e. The van der Waals surface area contributed by atoms with E-state index in [-0.39, 0.29) is 23.4 Å². The van der Waals surface area contributed by atoms with Crippen LogP contribution < -0.4 is 10.3 Å². The average molecular weight is 402 g/mol. The molecule has 0 bridgehead atoms. The van der Waals surface area contributed by atoms with Gasteiger partial charge in [-0.2, -0.15) is 0 Å². The van der Waals surface area contributed by atoms with Crippen molar-refractivity contribution >= 4 is 16.9 Å². The molecule has 1 amide bonds. The Morgan fingerprint density at radius 2 is 1.83 bits per heavy atom. The van der Waals surface area contributed by atoms with Crippen molar-refractivity contribution < 1.29 is 9.53 Å². The van der Waals surface area contributed by atoms with E-state index in [1.807, 2.05) is 44.7 Å². The van der Waals surface area contributed by atoms with E-state index in [1.54, 1.807) is 17.7 Å². The van der Waals surface area contributed by atoms with E-state index in [1.165, 1.54) is 0 Å². The van der Waals surface area contributed by atoms with E-state index in [0.29, 0.717) is 35.6 Å². The predicted molar refractivity (Wildman–Crippen MR) is 118 cm³/mol. The average Bonchev–Trinajstić information content (AvgIpc) is 2.62. The molecule has 1 heterocycles. The van der Waals surface area contributed by atoms with Gasteiger partial charge in [0.15, 0.2) is 0 Å². The summed E-state index contributed by atoms with van der Waals surface area (Å²) in [6.07, 6.45) is 0.902. The highest BCUT2D eigenvalue weighted by atomic mass is 16.5. The summed E-state index contributed by atoms with van der Waals surface area (Å²) < 4.78 is 6.87. The van der Waals surface area contributed by atoms with Gasteiger partial charge in [-0.1, -0.05) is 41.5 Å². The minimum absolute atomic E-state index is 0.00785. The number of amides is 1. The Morgan fingerprint density at radius 1 is 1.17 bits per heavy atom. The molecule has 0 saturated carbocycles. The monoisotopic (exact) mass is 401 g/mol. The van der Waals surface area contributed by atoms with E-state index < -0.39 is 5.41 Å². The number of methoxy groups -OCH3 is 1. The summed E-state index contributed by atoms with van der Waals surface area (Å²) in [6.45, 7) is 15.6. The van der Waals surface area contributed by atoms with Crippen LogP contribution in [0.4, 0.5) is 0 Å². The van der Waals surface area contributed by atoms with Crippen molar-refractivity contribution in [2.75, 3.05) is 20.2 Å². The lowest BCUT2D eigenvalue weighted by Gasteiger charge is -2.27. The van der Waals surface area contributed by atoms with Crippen LogP contribution >= 0.6 is 0 Å². The Morgan fingerprint density at radius 3 is 2.34 bits per heavy atom. The molecule has 0 N–H and O–H groups in total. The molecule has 0 saturated heterocycles. The van der Waals surface area contributed by atoms with Crippen LogP contribution in [0.25, 0.3) is 11.0 Å². The number of benzene rings is 1. The van der Waals surface area contributed by atoms with Crippen molar-refractivity contribution in [3.05, 3.63) is 34.2 Å². The van der Waals surface area contributed by atoms with Gasteiger partial charge in [0.05, 0.1) is 18.1 Å². The van der Waals surface area contributed by atoms with Gasteiger partial charge in [0.1, 0.15) is 18.0 Å². The minimum atomic E-state index is -0.424. The summed E-state index contributed by atoms with van der Waals surface area (Å²) in [7, 11) is 1.58. The fourth-order valence-corrected chi connectivity index (χ4v) is 3.16. The molecule has 0 aliphatic rings. The van der Waals surface area contributed by atoms with Crippen LogP contribution in [0.15, 0.2) is 23.0 Å². The van der Waals surface area contributed by atoms with Gasteiger partial charge in [-0.25, -0.2) is 4.98 Å². The van der Waals surface area contributed by atoms with Crippen LogP contribution in [-0.2, 0) is 16.8 Å². The molecule has 0 radical (unpaired) electrons. The summed E-state index contributed by atoms with van der Waals surface area (Å²) in [5.41, 5.74) is 1.25. The third kappa shape index (κ3) is 5.58. The summed E-state index contributed by atoms with van der Waals surface area (Å²) >= 11 is 0. The van der Waals surface area contributed by atoms with Gasteiger partial charge in [-0.05, 0) is 30.9 Å². The number of fused-ring (bicyclic) bond motifs is 1. The second kappa shape index (κ2) is 8.56. The summed E-state index contributed by atoms with van der Waals surface area (Å²) in [4.78, 5) is 32.8. The number of hydrogen-bond acceptors (Lipinski definition) is 4. The third-order valence-electron chi connectivity index (χ3n) is 5.02. The second-order valence-electron chi connectivity index (χ2n) is 9.74. The first-order chi connectivity index (χ1) is 13.4. The van der Waals surface area contributed by atoms with Crippen LogP contribution in [0.5, 0.6) is 5.75 Å². The Kier molecular flexibility index (Phi) is 6.76. The SMILES string of the molecule is CCN(CCC(C)(C)C)C(=O)Cn1c(=O)c(C(C)(C)C)nc2ccc(OC)cc21. The molecule has 0 unspecified atom stereocenters. The lowest BCUT2D eigenvalue weighted by atomic mass is 9.92. The number of nitrogens with zero attached hydrogens (tertiary/aromatic N) is 3. The van der Waals surface area contributed by atoms with Crippen molar-refractivity contribution in [1.29, 1.82) is 0 Å². The van der Waals surface area contributed by atoms with E-state index in [0.717, 1.165) is 6.42 Å². The molecule has 1 aromatic heterocycles. The molecule has 0 atom stereocenters. The fraction of sp³-hybridized carbons (Fsp3) is 0.609. The number of ether oxygens (including phenoxy) is 1. The smallest absolute Gasteiger partial charge is 0.273 e. The molecule has 2 aromatic rings. The third-order valence-corrected chi connectivity index (χ3v) is 5.02. The van der Waals surface area contributed by atoms with Gasteiger partial charge in [0, 0.05) is 24.6 Å². The number of aromatic nitrogens is 2. The first kappa shape index (κ1) is 22.9. The first-order valence-electron chi connectivity index (χ1n) is 10.2. The van der Waals surface area contributed by atoms with Crippen molar-refractivity contribution in [2.45, 2.75) is 66.8 Å². The molecular weight excluding hydrogens is 366 g/mol. The fourth-order valence-electron chi connectivity index (χ4n) is 3.16. The van der Waals surface area contributed by atoms with Crippen LogP contribution in [0, 0.1) is 5.41 Å². The molecule has 0 fully saturated rings. The van der Waals surface area contributed by atoms with Gasteiger partial charge in [-0.3, -0.25) is 14.2 Å². The molecule has 6 nitrogen and oxygen atoms in total. The van der Waals surface area contributed by atoms with Gasteiger partial charge >= 0.3 is 0 Å². The maximum absolute atomic E-state index is 13.3. The molecule has 2 rings (SSSR count). The van der Waals surface area contributed by atoms with Crippen molar-refractivity contribution in [1.82, 2.24) is 14.5 Å². The van der Waals surface area contributed by atoms with Gasteiger partial charge in [0.2, 0.25) is 5.91 Å². The summed E-state index contributed by atoms with van der Waals surface area (Å²) in [6, 6.07) is 5.43. The van der Waals surface area contributed by atoms with Gasteiger partial charge in [0.25, 0.3) is 5.56 Å². The Labute approximate surface area is 173 Å². The largest absolute Gasteiger partial charge is 0.497 e. The van der Waals surface area contributed by atoms with Crippen molar-refractivity contribution in [3.63, 3.8) is 0 Å². The van der Waals surface area contributed by atoms with Crippen LogP contribution in [-0.4, -0.2) is 40.6 Å². The van der Waals surface area contributed by atoms with E-state index in [4.69, 9.17) is 4.74 Å². The molecule has 0 aliphatic heterocycles. The zero-order valence-corrected chi connectivity index (χ0v) is 19.1. The quantitative estimate of drug-likeness (QED) is 0.734. The van der Waals surface area contributed by atoms with E-state index >= 15 is 0 Å². The maximum atomic E-state index is 13.3. The minimum Gasteiger partial charge on any atom is -0.497 e. The van der Waals surface area contributed by atoms with Crippen molar-refractivity contribution in [2.24, 2.45) is 5.41 Å². The standard InChI is InChI=1S/C23H35N3O3/c1-9-25(13-12-22(2,3)4)19(27)15-26-18-14-16(29-8)10-11-17(18)24-20(21(26)28)23(5,6)7/h10-11,14H,9,12-13,15H2,1-8H3. The van der Waals surface area contributed by atoms with Gasteiger partial charge in [-0.15, -0.1) is 0 Å². The van der Waals surface area contributed by atoms with E-state index in [9.17, 15) is 9.59 Å². The highest BCUT2D eigenvalue weighted by molar-refractivity contribution is 5.81. The number of carbonyl (C=O) groups excluding carboxylic acids is 1. The molecule has 0 spiro atoms. The lowest BCUT2D eigenvalue weighted by Crippen LogP contribution is -2.40. The number of likely N-dealkylation sites (N-methyl/N-ethyl adjacent to an activating group) is 1. The zero-order valence-electron chi connectivity index (χ0n) is 19.1. The highest BCUT2D eigenvalue weighted by Crippen LogP contribution is 2.23. The lowest BCUT2D eigenvalue weighted by molar-refractivity contribution is -0.131. The number of rotatable bonds is 6. The Bertz CT molecular complexity index is 933. The molecule has 160 valence electrons. The second-order valence-corrected chi connectivity index (χ2v) is 9.74. The topological polar surface area (TPSA) is 64.4 Å². The Balaban J connectivity index is 2.52. The number of carbonyl (C=O) groups is 1. The molecular formula is C23H35N3O3. The molecule has 29 heavy (non-hydrogen) atoms. The van der Waals surface area contributed by atoms with E-state index in [2.05, 4.69) is 25.8 Å². The zero-order chi connectivity index (χ0) is 22.0. The molecule has 6 heteroatoms. The van der Waals surface area contributed by atoms with Crippen LogP contribution in [0.2, 0.25) is 0 Å².